The maximum atomic E-state index is 11.6. The molecule has 1 aliphatic carbocycles. The first-order chi connectivity index (χ1) is 19.4. The van der Waals surface area contributed by atoms with Gasteiger partial charge in [-0.15, -0.1) is 5.10 Å². The van der Waals surface area contributed by atoms with Crippen molar-refractivity contribution in [3.63, 3.8) is 0 Å². The van der Waals surface area contributed by atoms with Crippen LogP contribution in [0, 0.1) is 6.92 Å². The van der Waals surface area contributed by atoms with Gasteiger partial charge in [0.2, 0.25) is 11.9 Å². The molecule has 0 aliphatic heterocycles. The van der Waals surface area contributed by atoms with Gasteiger partial charge in [-0.05, 0) is 61.7 Å². The lowest BCUT2D eigenvalue weighted by Crippen LogP contribution is -2.53. The Morgan fingerprint density at radius 1 is 1.15 bits per heavy atom. The van der Waals surface area contributed by atoms with Crippen molar-refractivity contribution in [1.82, 2.24) is 40.2 Å². The lowest BCUT2D eigenvalue weighted by atomic mass is 9.86. The number of aryl methyl sites for hydroxylation is 2. The molecule has 1 amide bonds. The van der Waals surface area contributed by atoms with Crippen molar-refractivity contribution in [3.05, 3.63) is 67.1 Å². The molecule has 2 aromatic carbocycles. The molecule has 0 atom stereocenters. The summed E-state index contributed by atoms with van der Waals surface area (Å²) in [6.45, 7) is 5.49. The van der Waals surface area contributed by atoms with E-state index in [4.69, 9.17) is 9.72 Å². The molecule has 6 rings (SSSR count). The summed E-state index contributed by atoms with van der Waals surface area (Å²) >= 11 is 0. The van der Waals surface area contributed by atoms with E-state index in [2.05, 4.69) is 42.5 Å². The van der Waals surface area contributed by atoms with Gasteiger partial charge in [0.25, 0.3) is 0 Å². The van der Waals surface area contributed by atoms with Crippen molar-refractivity contribution < 1.29 is 9.53 Å². The fourth-order valence-electron chi connectivity index (χ4n) is 4.74. The number of hydrogen-bond acceptors (Lipinski definition) is 10. The van der Waals surface area contributed by atoms with Gasteiger partial charge >= 0.3 is 0 Å². The third kappa shape index (κ3) is 4.86. The molecule has 12 nitrogen and oxygen atoms in total. The summed E-state index contributed by atoms with van der Waals surface area (Å²) in [5.41, 5.74) is 4.74. The zero-order valence-corrected chi connectivity index (χ0v) is 22.4. The van der Waals surface area contributed by atoms with E-state index in [0.717, 1.165) is 40.9 Å². The molecule has 2 N–H and O–H groups in total. The van der Waals surface area contributed by atoms with E-state index in [1.165, 1.54) is 12.4 Å². The molecular weight excluding hydrogens is 508 g/mol. The molecule has 0 spiro atoms. The second kappa shape index (κ2) is 10.2. The fourth-order valence-corrected chi connectivity index (χ4v) is 4.74. The zero-order chi connectivity index (χ0) is 27.8. The van der Waals surface area contributed by atoms with Crippen molar-refractivity contribution in [1.29, 1.82) is 0 Å². The molecule has 0 bridgehead atoms. The number of carbonyl (C=O) groups is 1. The van der Waals surface area contributed by atoms with Gasteiger partial charge in [0.05, 0.1) is 11.7 Å². The molecule has 5 aromatic rings. The number of aromatic nitrogens is 7. The Morgan fingerprint density at radius 3 is 2.80 bits per heavy atom. The first-order valence-electron chi connectivity index (χ1n) is 12.9. The van der Waals surface area contributed by atoms with Gasteiger partial charge in [0.1, 0.15) is 34.4 Å². The second-order valence-electron chi connectivity index (χ2n) is 9.84. The van der Waals surface area contributed by atoms with Crippen LogP contribution in [0.3, 0.4) is 0 Å². The smallest absolute Gasteiger partial charge is 0.243 e. The molecule has 3 aromatic heterocycles. The van der Waals surface area contributed by atoms with E-state index in [9.17, 15) is 4.79 Å². The van der Waals surface area contributed by atoms with Crippen LogP contribution in [-0.2, 0) is 11.8 Å². The van der Waals surface area contributed by atoms with Crippen LogP contribution in [0.25, 0.3) is 22.1 Å². The van der Waals surface area contributed by atoms with Crippen molar-refractivity contribution >= 4 is 45.4 Å². The Morgan fingerprint density at radius 2 is 2.00 bits per heavy atom. The van der Waals surface area contributed by atoms with Crippen molar-refractivity contribution in [2.24, 2.45) is 7.05 Å². The Hall–Kier alpha value is -5.13. The van der Waals surface area contributed by atoms with Crippen LogP contribution in [0.15, 0.2) is 61.6 Å². The molecule has 1 saturated carbocycles. The van der Waals surface area contributed by atoms with Crippen LogP contribution in [0.2, 0.25) is 0 Å². The van der Waals surface area contributed by atoms with E-state index in [0.29, 0.717) is 28.5 Å². The molecule has 1 fully saturated rings. The number of amides is 1. The second-order valence-corrected chi connectivity index (χ2v) is 9.84. The minimum Gasteiger partial charge on any atom is -0.457 e. The van der Waals surface area contributed by atoms with E-state index in [-0.39, 0.29) is 18.0 Å². The monoisotopic (exact) mass is 536 g/mol. The van der Waals surface area contributed by atoms with Crippen molar-refractivity contribution in [3.8, 4) is 11.5 Å². The Bertz CT molecular complexity index is 1740. The number of rotatable bonds is 8. The molecule has 1 aliphatic rings. The first-order valence-corrected chi connectivity index (χ1v) is 12.9. The number of fused-ring (bicyclic) bond motifs is 2. The number of hydrogen-bond donors (Lipinski definition) is 2. The number of nitrogens with zero attached hydrogens (tertiary/aromatic N) is 8. The maximum absolute atomic E-state index is 11.6. The van der Waals surface area contributed by atoms with Crippen LogP contribution in [0.4, 0.5) is 17.5 Å². The topological polar surface area (TPSA) is 136 Å². The largest absolute Gasteiger partial charge is 0.457 e. The first kappa shape index (κ1) is 25.2. The van der Waals surface area contributed by atoms with Gasteiger partial charge in [-0.2, -0.15) is 0 Å². The Labute approximate surface area is 230 Å². The molecule has 202 valence electrons. The predicted molar refractivity (Wildman–Crippen MR) is 152 cm³/mol. The lowest BCUT2D eigenvalue weighted by molar-refractivity contribution is -0.117. The van der Waals surface area contributed by atoms with Crippen LogP contribution in [0.5, 0.6) is 11.5 Å². The fraction of sp³-hybridized carbons (Fsp3) is 0.250. The molecular formula is C28H28N10O2. The summed E-state index contributed by atoms with van der Waals surface area (Å²) < 4.78 is 7.86. The maximum Gasteiger partial charge on any atom is 0.243 e. The van der Waals surface area contributed by atoms with Crippen LogP contribution in [0.1, 0.15) is 18.4 Å². The number of anilines is 3. The zero-order valence-electron chi connectivity index (χ0n) is 22.4. The summed E-state index contributed by atoms with van der Waals surface area (Å²) in [5.74, 6) is 2.42. The number of benzene rings is 2. The third-order valence-electron chi connectivity index (χ3n) is 7.12. The van der Waals surface area contributed by atoms with E-state index in [1.54, 1.807) is 10.9 Å². The van der Waals surface area contributed by atoms with Gasteiger partial charge in [-0.3, -0.25) is 4.79 Å². The van der Waals surface area contributed by atoms with E-state index >= 15 is 0 Å². The van der Waals surface area contributed by atoms with Crippen molar-refractivity contribution in [2.75, 3.05) is 17.3 Å². The number of nitrogens with one attached hydrogen (secondary N) is 2. The van der Waals surface area contributed by atoms with Crippen LogP contribution >= 0.6 is 0 Å². The van der Waals surface area contributed by atoms with Gasteiger partial charge in [-0.25, -0.2) is 24.6 Å². The van der Waals surface area contributed by atoms with Crippen LogP contribution in [-0.4, -0.2) is 60.0 Å². The average molecular weight is 537 g/mol. The highest BCUT2D eigenvalue weighted by Crippen LogP contribution is 2.32. The van der Waals surface area contributed by atoms with Gasteiger partial charge in [0, 0.05) is 37.9 Å². The van der Waals surface area contributed by atoms with Gasteiger partial charge in [-0.1, -0.05) is 11.8 Å². The molecule has 40 heavy (non-hydrogen) atoms. The van der Waals surface area contributed by atoms with Crippen molar-refractivity contribution in [2.45, 2.75) is 31.8 Å². The summed E-state index contributed by atoms with van der Waals surface area (Å²) in [4.78, 5) is 31.7. The molecule has 0 saturated heterocycles. The van der Waals surface area contributed by atoms with Gasteiger partial charge in [0.15, 0.2) is 5.82 Å². The summed E-state index contributed by atoms with van der Waals surface area (Å²) in [5, 5.41) is 14.5. The third-order valence-corrected chi connectivity index (χ3v) is 7.12. The lowest BCUT2D eigenvalue weighted by Gasteiger charge is -2.41. The quantitative estimate of drug-likeness (QED) is 0.282. The standard InChI is InChI=1S/C28H28N10O2/c1-5-25(39)32-18-11-19(12-18)37(3)28-29-14-22-26(34-28)27(31-15-30-22)33-17-6-9-24(16(2)10-17)40-20-7-8-23-21(13-20)35-36-38(23)4/h5-10,13-15,18-19H,1,11-12H2,2-4H3,(H,32,39)(H,30,31,33). The highest BCUT2D eigenvalue weighted by molar-refractivity contribution is 5.88. The summed E-state index contributed by atoms with van der Waals surface area (Å²) in [6.07, 6.45) is 6.11. The van der Waals surface area contributed by atoms with Gasteiger partial charge < -0.3 is 20.3 Å². The predicted octanol–water partition coefficient (Wildman–Crippen LogP) is 3.82. The molecule has 0 radical (unpaired) electrons. The molecule has 0 unspecified atom stereocenters. The number of ether oxygens (including phenoxy) is 1. The number of carbonyl (C=O) groups excluding carboxylic acids is 1. The Kier molecular flexibility index (Phi) is 6.42. The molecule has 3 heterocycles. The molecule has 12 heteroatoms. The summed E-state index contributed by atoms with van der Waals surface area (Å²) in [6, 6.07) is 11.9. The SMILES string of the molecule is C=CC(=O)NC1CC(N(C)c2ncc3ncnc(Nc4ccc(Oc5ccc6c(c5)nnn6C)c(C)c4)c3n2)C1. The minimum atomic E-state index is -0.153. The normalized spacial score (nSPS) is 16.4. The average Bonchev–Trinajstić information content (AvgIpc) is 3.31. The summed E-state index contributed by atoms with van der Waals surface area (Å²) in [7, 11) is 3.81. The van der Waals surface area contributed by atoms with Crippen LogP contribution < -0.4 is 20.3 Å². The van der Waals surface area contributed by atoms with E-state index in [1.807, 2.05) is 62.3 Å². The highest BCUT2D eigenvalue weighted by Gasteiger charge is 2.34. The minimum absolute atomic E-state index is 0.129. The Balaban J connectivity index is 1.18. The highest BCUT2D eigenvalue weighted by atomic mass is 16.5. The van der Waals surface area contributed by atoms with E-state index < -0.39 is 0 Å².